The molecule has 2 aromatic carbocycles. The van der Waals surface area contributed by atoms with Gasteiger partial charge >= 0.3 is 0 Å². The molecule has 0 bridgehead atoms. The number of hydrogen-bond acceptors (Lipinski definition) is 5. The van der Waals surface area contributed by atoms with Gasteiger partial charge in [0.2, 0.25) is 0 Å². The molecule has 1 aliphatic rings. The first kappa shape index (κ1) is 22.1. The number of nitrogens with one attached hydrogen (secondary N) is 2. The fourth-order valence-corrected chi connectivity index (χ4v) is 4.68. The van der Waals surface area contributed by atoms with Crippen LogP contribution in [0.25, 0.3) is 0 Å². The summed E-state index contributed by atoms with van der Waals surface area (Å²) >= 11 is 0. The van der Waals surface area contributed by atoms with Gasteiger partial charge in [0, 0.05) is 30.7 Å². The molecule has 0 spiro atoms. The Balaban J connectivity index is 1.70. The number of piperidine rings is 1. The van der Waals surface area contributed by atoms with Crippen LogP contribution in [0.15, 0.2) is 53.4 Å². The zero-order chi connectivity index (χ0) is 21.7. The Hall–Kier alpha value is -2.58. The highest BCUT2D eigenvalue weighted by Gasteiger charge is 2.23. The van der Waals surface area contributed by atoms with Crippen LogP contribution in [0.2, 0.25) is 0 Å². The lowest BCUT2D eigenvalue weighted by atomic mass is 10.0. The highest BCUT2D eigenvalue weighted by molar-refractivity contribution is 7.92. The molecule has 0 radical (unpaired) electrons. The molecule has 8 heteroatoms. The average molecular weight is 432 g/mol. The van der Waals surface area contributed by atoms with Crippen LogP contribution in [0.1, 0.15) is 37.0 Å². The number of likely N-dealkylation sites (tertiary alicyclic amines) is 1. The summed E-state index contributed by atoms with van der Waals surface area (Å²) in [6.07, 6.45) is 1.77. The summed E-state index contributed by atoms with van der Waals surface area (Å²) in [6.45, 7) is 6.23. The summed E-state index contributed by atoms with van der Waals surface area (Å²) in [5.74, 6) is 0.162. The van der Waals surface area contributed by atoms with Gasteiger partial charge in [-0.25, -0.2) is 8.42 Å². The molecule has 1 amide bonds. The normalized spacial score (nSPS) is 15.7. The second kappa shape index (κ2) is 9.49. The summed E-state index contributed by atoms with van der Waals surface area (Å²) in [6, 6.07) is 13.4. The molecule has 3 rings (SSSR count). The molecule has 1 heterocycles. The van der Waals surface area contributed by atoms with Crippen molar-refractivity contribution in [3.8, 4) is 5.75 Å². The molecule has 30 heavy (non-hydrogen) atoms. The molecule has 2 aromatic rings. The SMILES string of the molecule is COc1ccccc1NS(=O)(=O)c1cccc(C(=O)NC2CCN(C(C)C)CC2)c1. The molecule has 1 aliphatic heterocycles. The summed E-state index contributed by atoms with van der Waals surface area (Å²) in [5.41, 5.74) is 0.663. The molecule has 2 N–H and O–H groups in total. The van der Waals surface area contributed by atoms with Crippen LogP contribution in [-0.4, -0.2) is 51.5 Å². The van der Waals surface area contributed by atoms with Crippen LogP contribution in [-0.2, 0) is 10.0 Å². The van der Waals surface area contributed by atoms with Gasteiger partial charge in [0.05, 0.1) is 17.7 Å². The van der Waals surface area contributed by atoms with Crippen molar-refractivity contribution in [3.63, 3.8) is 0 Å². The minimum atomic E-state index is -3.87. The van der Waals surface area contributed by atoms with Gasteiger partial charge < -0.3 is 15.0 Å². The van der Waals surface area contributed by atoms with Gasteiger partial charge in [-0.05, 0) is 57.0 Å². The van der Waals surface area contributed by atoms with E-state index in [0.29, 0.717) is 23.0 Å². The number of rotatable bonds is 7. The van der Waals surface area contributed by atoms with Gasteiger partial charge in [-0.3, -0.25) is 9.52 Å². The quantitative estimate of drug-likeness (QED) is 0.703. The Bertz CT molecular complexity index is 983. The van der Waals surface area contributed by atoms with Crippen molar-refractivity contribution in [2.75, 3.05) is 24.9 Å². The molecule has 0 saturated carbocycles. The maximum absolute atomic E-state index is 12.8. The molecule has 7 nitrogen and oxygen atoms in total. The zero-order valence-electron chi connectivity index (χ0n) is 17.6. The first-order chi connectivity index (χ1) is 14.3. The van der Waals surface area contributed by atoms with Gasteiger partial charge in [-0.1, -0.05) is 18.2 Å². The third-order valence-electron chi connectivity index (χ3n) is 5.35. The summed E-state index contributed by atoms with van der Waals surface area (Å²) in [4.78, 5) is 15.1. The molecule has 1 saturated heterocycles. The van der Waals surface area contributed by atoms with Gasteiger partial charge in [0.15, 0.2) is 0 Å². The number of anilines is 1. The van der Waals surface area contributed by atoms with E-state index in [-0.39, 0.29) is 16.8 Å². The molecule has 0 aliphatic carbocycles. The van der Waals surface area contributed by atoms with Crippen molar-refractivity contribution in [3.05, 3.63) is 54.1 Å². The standard InChI is InChI=1S/C22H29N3O4S/c1-16(2)25-13-11-18(12-14-25)23-22(26)17-7-6-8-19(15-17)30(27,28)24-20-9-4-5-10-21(20)29-3/h4-10,15-16,18,24H,11-14H2,1-3H3,(H,23,26). The van der Waals surface area contributed by atoms with Crippen LogP contribution in [0, 0.1) is 0 Å². The first-order valence-corrected chi connectivity index (χ1v) is 11.6. The average Bonchev–Trinajstić information content (AvgIpc) is 2.74. The van der Waals surface area contributed by atoms with Crippen LogP contribution in [0.5, 0.6) is 5.75 Å². The lowest BCUT2D eigenvalue weighted by molar-refractivity contribution is 0.0900. The Labute approximate surface area is 178 Å². The maximum atomic E-state index is 12.8. The smallest absolute Gasteiger partial charge is 0.262 e. The van der Waals surface area contributed by atoms with E-state index >= 15 is 0 Å². The molecular weight excluding hydrogens is 402 g/mol. The number of amides is 1. The number of ether oxygens (including phenoxy) is 1. The van der Waals surface area contributed by atoms with Crippen molar-refractivity contribution in [2.24, 2.45) is 0 Å². The third-order valence-corrected chi connectivity index (χ3v) is 6.72. The van der Waals surface area contributed by atoms with E-state index in [1.165, 1.54) is 19.2 Å². The van der Waals surface area contributed by atoms with E-state index in [0.717, 1.165) is 25.9 Å². The second-order valence-corrected chi connectivity index (χ2v) is 9.39. The Kier molecular flexibility index (Phi) is 6.99. The lowest BCUT2D eigenvalue weighted by Crippen LogP contribution is -2.46. The number of benzene rings is 2. The number of carbonyl (C=O) groups excluding carboxylic acids is 1. The third kappa shape index (κ3) is 5.31. The van der Waals surface area contributed by atoms with E-state index in [2.05, 4.69) is 28.8 Å². The van der Waals surface area contributed by atoms with E-state index in [1.807, 2.05) is 0 Å². The fourth-order valence-electron chi connectivity index (χ4n) is 3.57. The van der Waals surface area contributed by atoms with Crippen molar-refractivity contribution in [2.45, 2.75) is 43.7 Å². The maximum Gasteiger partial charge on any atom is 0.262 e. The molecule has 162 valence electrons. The summed E-state index contributed by atoms with van der Waals surface area (Å²) in [7, 11) is -2.39. The minimum absolute atomic E-state index is 0.0238. The molecule has 0 atom stereocenters. The van der Waals surface area contributed by atoms with Gasteiger partial charge in [0.25, 0.3) is 15.9 Å². The van der Waals surface area contributed by atoms with Crippen LogP contribution in [0.3, 0.4) is 0 Å². The Morgan fingerprint density at radius 1 is 1.10 bits per heavy atom. The van der Waals surface area contributed by atoms with Crippen LogP contribution < -0.4 is 14.8 Å². The fraction of sp³-hybridized carbons (Fsp3) is 0.409. The van der Waals surface area contributed by atoms with Crippen molar-refractivity contribution in [1.82, 2.24) is 10.2 Å². The molecule has 1 fully saturated rings. The van der Waals surface area contributed by atoms with Crippen LogP contribution in [0.4, 0.5) is 5.69 Å². The highest BCUT2D eigenvalue weighted by atomic mass is 32.2. The van der Waals surface area contributed by atoms with Gasteiger partial charge in [-0.15, -0.1) is 0 Å². The van der Waals surface area contributed by atoms with Gasteiger partial charge in [-0.2, -0.15) is 0 Å². The Morgan fingerprint density at radius 3 is 2.47 bits per heavy atom. The zero-order valence-corrected chi connectivity index (χ0v) is 18.4. The topological polar surface area (TPSA) is 87.7 Å². The van der Waals surface area contributed by atoms with E-state index < -0.39 is 10.0 Å². The number of carbonyl (C=O) groups is 1. The van der Waals surface area contributed by atoms with Crippen molar-refractivity contribution in [1.29, 1.82) is 0 Å². The lowest BCUT2D eigenvalue weighted by Gasteiger charge is -2.34. The monoisotopic (exact) mass is 431 g/mol. The Morgan fingerprint density at radius 2 is 1.80 bits per heavy atom. The van der Waals surface area contributed by atoms with E-state index in [1.54, 1.807) is 36.4 Å². The van der Waals surface area contributed by atoms with Gasteiger partial charge in [0.1, 0.15) is 5.75 Å². The van der Waals surface area contributed by atoms with Crippen molar-refractivity contribution < 1.29 is 17.9 Å². The first-order valence-electron chi connectivity index (χ1n) is 10.1. The van der Waals surface area contributed by atoms with E-state index in [9.17, 15) is 13.2 Å². The predicted molar refractivity (Wildman–Crippen MR) is 117 cm³/mol. The number of methoxy groups -OCH3 is 1. The number of hydrogen-bond donors (Lipinski definition) is 2. The largest absolute Gasteiger partial charge is 0.495 e. The molecule has 0 aromatic heterocycles. The van der Waals surface area contributed by atoms with E-state index in [4.69, 9.17) is 4.74 Å². The number of sulfonamides is 1. The molecular formula is C22H29N3O4S. The number of nitrogens with zero attached hydrogens (tertiary/aromatic N) is 1. The van der Waals surface area contributed by atoms with Crippen molar-refractivity contribution >= 4 is 21.6 Å². The number of para-hydroxylation sites is 2. The summed E-state index contributed by atoms with van der Waals surface area (Å²) < 4.78 is 33.4. The summed E-state index contributed by atoms with van der Waals surface area (Å²) in [5, 5.41) is 3.04. The minimum Gasteiger partial charge on any atom is -0.495 e. The molecule has 0 unspecified atom stereocenters. The highest BCUT2D eigenvalue weighted by Crippen LogP contribution is 2.26. The second-order valence-electron chi connectivity index (χ2n) is 7.71. The predicted octanol–water partition coefficient (Wildman–Crippen LogP) is 3.10. The van der Waals surface area contributed by atoms with Crippen LogP contribution >= 0.6 is 0 Å².